The SMILES string of the molecule is CC(=O)OC(C)n1nnc(-c2[nH]c(C)c(C(=O)c3cccc(CO)c3)c2C)n1. The van der Waals surface area contributed by atoms with E-state index in [-0.39, 0.29) is 12.4 Å². The van der Waals surface area contributed by atoms with Gasteiger partial charge in [-0.2, -0.15) is 0 Å². The first-order valence-corrected chi connectivity index (χ1v) is 8.72. The summed E-state index contributed by atoms with van der Waals surface area (Å²) in [6.45, 7) is 6.40. The molecule has 0 saturated carbocycles. The van der Waals surface area contributed by atoms with Gasteiger partial charge in [-0.15, -0.1) is 15.0 Å². The van der Waals surface area contributed by atoms with E-state index < -0.39 is 12.2 Å². The zero-order valence-corrected chi connectivity index (χ0v) is 16.1. The summed E-state index contributed by atoms with van der Waals surface area (Å²) in [6.07, 6.45) is -0.697. The number of benzene rings is 1. The van der Waals surface area contributed by atoms with E-state index in [0.29, 0.717) is 39.5 Å². The second-order valence-corrected chi connectivity index (χ2v) is 6.45. The second-order valence-electron chi connectivity index (χ2n) is 6.45. The number of nitrogens with one attached hydrogen (secondary N) is 1. The normalized spacial score (nSPS) is 12.0. The molecule has 0 aliphatic carbocycles. The molecule has 9 heteroatoms. The quantitative estimate of drug-likeness (QED) is 0.493. The molecule has 2 N–H and O–H groups in total. The molecule has 28 heavy (non-hydrogen) atoms. The predicted octanol–water partition coefficient (Wildman–Crippen LogP) is 2.09. The van der Waals surface area contributed by atoms with Gasteiger partial charge in [0.05, 0.1) is 12.3 Å². The molecule has 9 nitrogen and oxygen atoms in total. The van der Waals surface area contributed by atoms with E-state index in [4.69, 9.17) is 4.74 Å². The minimum atomic E-state index is -0.697. The largest absolute Gasteiger partial charge is 0.438 e. The van der Waals surface area contributed by atoms with Gasteiger partial charge in [-0.05, 0) is 43.2 Å². The fourth-order valence-corrected chi connectivity index (χ4v) is 3.04. The number of carbonyl (C=O) groups excluding carboxylic acids is 2. The monoisotopic (exact) mass is 383 g/mol. The summed E-state index contributed by atoms with van der Waals surface area (Å²) in [4.78, 5) is 28.4. The van der Waals surface area contributed by atoms with Crippen molar-refractivity contribution in [3.05, 3.63) is 52.2 Å². The van der Waals surface area contributed by atoms with Crippen molar-refractivity contribution in [3.8, 4) is 11.5 Å². The number of ether oxygens (including phenoxy) is 1. The number of ketones is 1. The van der Waals surface area contributed by atoms with Crippen molar-refractivity contribution < 1.29 is 19.4 Å². The molecule has 3 aromatic rings. The number of aromatic nitrogens is 5. The average molecular weight is 383 g/mol. The molecule has 0 amide bonds. The van der Waals surface area contributed by atoms with Gasteiger partial charge in [0.1, 0.15) is 0 Å². The van der Waals surface area contributed by atoms with Gasteiger partial charge in [-0.25, -0.2) is 0 Å². The smallest absolute Gasteiger partial charge is 0.304 e. The minimum absolute atomic E-state index is 0.134. The third-order valence-corrected chi connectivity index (χ3v) is 4.35. The predicted molar refractivity (Wildman–Crippen MR) is 99.4 cm³/mol. The van der Waals surface area contributed by atoms with Crippen LogP contribution in [0.5, 0.6) is 0 Å². The molecule has 0 bridgehead atoms. The fourth-order valence-electron chi connectivity index (χ4n) is 3.04. The van der Waals surface area contributed by atoms with E-state index in [0.717, 1.165) is 0 Å². The highest BCUT2D eigenvalue weighted by atomic mass is 16.6. The van der Waals surface area contributed by atoms with Crippen LogP contribution < -0.4 is 0 Å². The molecule has 2 aromatic heterocycles. The summed E-state index contributed by atoms with van der Waals surface area (Å²) < 4.78 is 5.04. The number of aromatic amines is 1. The maximum Gasteiger partial charge on any atom is 0.304 e. The molecule has 0 aliphatic rings. The van der Waals surface area contributed by atoms with Crippen LogP contribution in [0.25, 0.3) is 11.5 Å². The van der Waals surface area contributed by atoms with Gasteiger partial charge in [0.25, 0.3) is 0 Å². The van der Waals surface area contributed by atoms with Gasteiger partial charge in [0.2, 0.25) is 12.1 Å². The van der Waals surface area contributed by atoms with Crippen molar-refractivity contribution in [1.29, 1.82) is 0 Å². The first-order valence-electron chi connectivity index (χ1n) is 8.72. The van der Waals surface area contributed by atoms with E-state index in [1.807, 2.05) is 0 Å². The lowest BCUT2D eigenvalue weighted by Gasteiger charge is -2.08. The Balaban J connectivity index is 1.95. The molecule has 0 aliphatic heterocycles. The summed E-state index contributed by atoms with van der Waals surface area (Å²) in [5.41, 5.74) is 3.62. The van der Waals surface area contributed by atoms with Gasteiger partial charge in [-0.3, -0.25) is 9.59 Å². The highest BCUT2D eigenvalue weighted by Crippen LogP contribution is 2.27. The molecule has 0 spiro atoms. The number of nitrogens with zero attached hydrogens (tertiary/aromatic N) is 4. The number of aliphatic hydroxyl groups is 1. The Kier molecular flexibility index (Phi) is 5.36. The Morgan fingerprint density at radius 3 is 2.75 bits per heavy atom. The Hall–Kier alpha value is -3.33. The van der Waals surface area contributed by atoms with Gasteiger partial charge < -0.3 is 14.8 Å². The topological polar surface area (TPSA) is 123 Å². The third-order valence-electron chi connectivity index (χ3n) is 4.35. The minimum Gasteiger partial charge on any atom is -0.438 e. The van der Waals surface area contributed by atoms with Crippen LogP contribution in [0.2, 0.25) is 0 Å². The Labute approximate surface area is 161 Å². The molecular formula is C19H21N5O4. The number of aliphatic hydroxyl groups excluding tert-OH is 1. The molecule has 3 rings (SSSR count). The summed E-state index contributed by atoms with van der Waals surface area (Å²) in [7, 11) is 0. The van der Waals surface area contributed by atoms with Crippen LogP contribution in [0.3, 0.4) is 0 Å². The average Bonchev–Trinajstić information content (AvgIpc) is 3.25. The molecule has 1 unspecified atom stereocenters. The lowest BCUT2D eigenvalue weighted by Crippen LogP contribution is -2.15. The number of rotatable bonds is 6. The van der Waals surface area contributed by atoms with E-state index >= 15 is 0 Å². The molecule has 1 atom stereocenters. The highest BCUT2D eigenvalue weighted by Gasteiger charge is 2.23. The number of tetrazole rings is 1. The second kappa shape index (κ2) is 7.73. The summed E-state index contributed by atoms with van der Waals surface area (Å²) in [5, 5.41) is 21.5. The number of carbonyl (C=O) groups is 2. The first kappa shape index (κ1) is 19.4. The number of esters is 1. The van der Waals surface area contributed by atoms with Crippen molar-refractivity contribution in [1.82, 2.24) is 25.2 Å². The Morgan fingerprint density at radius 1 is 1.32 bits per heavy atom. The van der Waals surface area contributed by atoms with Crippen LogP contribution in [-0.2, 0) is 16.1 Å². The third kappa shape index (κ3) is 3.70. The summed E-state index contributed by atoms with van der Waals surface area (Å²) in [5.74, 6) is -0.313. The number of H-pyrrole nitrogens is 1. The van der Waals surface area contributed by atoms with Crippen LogP contribution in [0.1, 0.15) is 52.8 Å². The molecular weight excluding hydrogens is 362 g/mol. The number of aryl methyl sites for hydroxylation is 1. The van der Waals surface area contributed by atoms with E-state index in [1.165, 1.54) is 11.7 Å². The molecule has 0 fully saturated rings. The van der Waals surface area contributed by atoms with E-state index in [1.54, 1.807) is 45.0 Å². The van der Waals surface area contributed by atoms with Gasteiger partial charge in [0.15, 0.2) is 5.78 Å². The zero-order chi connectivity index (χ0) is 20.4. The van der Waals surface area contributed by atoms with Gasteiger partial charge >= 0.3 is 5.97 Å². The highest BCUT2D eigenvalue weighted by molar-refractivity contribution is 6.11. The Bertz CT molecular complexity index is 1040. The maximum absolute atomic E-state index is 13.0. The summed E-state index contributed by atoms with van der Waals surface area (Å²) >= 11 is 0. The van der Waals surface area contributed by atoms with E-state index in [2.05, 4.69) is 20.4 Å². The number of hydrogen-bond donors (Lipinski definition) is 2. The lowest BCUT2D eigenvalue weighted by atomic mass is 9.98. The molecule has 0 saturated heterocycles. The zero-order valence-electron chi connectivity index (χ0n) is 16.1. The van der Waals surface area contributed by atoms with Crippen molar-refractivity contribution in [3.63, 3.8) is 0 Å². The lowest BCUT2D eigenvalue weighted by molar-refractivity contribution is -0.151. The molecule has 2 heterocycles. The molecule has 146 valence electrons. The Morgan fingerprint density at radius 2 is 2.07 bits per heavy atom. The van der Waals surface area contributed by atoms with Crippen LogP contribution >= 0.6 is 0 Å². The molecule has 1 aromatic carbocycles. The summed E-state index contributed by atoms with van der Waals surface area (Å²) in [6, 6.07) is 6.87. The van der Waals surface area contributed by atoms with Crippen LogP contribution in [0.4, 0.5) is 0 Å². The standard InChI is InChI=1S/C19H21N5O4/c1-10-16(18(27)15-7-5-6-14(8-15)9-25)11(2)20-17(10)19-21-23-24(22-19)12(3)28-13(4)26/h5-8,12,20,25H,9H2,1-4H3. The van der Waals surface area contributed by atoms with Crippen molar-refractivity contribution in [2.45, 2.75) is 40.5 Å². The van der Waals surface area contributed by atoms with Crippen LogP contribution in [0, 0.1) is 13.8 Å². The van der Waals surface area contributed by atoms with Crippen molar-refractivity contribution in [2.75, 3.05) is 0 Å². The maximum atomic E-state index is 13.0. The molecule has 0 radical (unpaired) electrons. The number of hydrogen-bond acceptors (Lipinski definition) is 7. The van der Waals surface area contributed by atoms with Crippen LogP contribution in [0.15, 0.2) is 24.3 Å². The van der Waals surface area contributed by atoms with Gasteiger partial charge in [-0.1, -0.05) is 18.2 Å². The first-order chi connectivity index (χ1) is 13.3. The van der Waals surface area contributed by atoms with E-state index in [9.17, 15) is 14.7 Å². The fraction of sp³-hybridized carbons (Fsp3) is 0.316. The van der Waals surface area contributed by atoms with Crippen LogP contribution in [-0.4, -0.2) is 42.1 Å². The van der Waals surface area contributed by atoms with Gasteiger partial charge in [0, 0.05) is 23.7 Å². The van der Waals surface area contributed by atoms with Crippen molar-refractivity contribution in [2.24, 2.45) is 0 Å². The van der Waals surface area contributed by atoms with Crippen molar-refractivity contribution >= 4 is 11.8 Å².